The number of aliphatic hydroxyl groups is 1. The Kier molecular flexibility index (Phi) is 4.35. The molecule has 0 aliphatic heterocycles. The van der Waals surface area contributed by atoms with Gasteiger partial charge in [-0.3, -0.25) is 0 Å². The van der Waals surface area contributed by atoms with Crippen molar-refractivity contribution >= 4 is 11.8 Å². The van der Waals surface area contributed by atoms with Crippen LogP contribution in [0.2, 0.25) is 0 Å². The average Bonchev–Trinajstić information content (AvgIpc) is 2.18. The van der Waals surface area contributed by atoms with Gasteiger partial charge in [-0.1, -0.05) is 0 Å². The maximum atomic E-state index is 13.5. The number of aliphatic hydroxyl groups excluding tert-OH is 1. The van der Waals surface area contributed by atoms with Gasteiger partial charge in [0.25, 0.3) is 0 Å². The molecule has 0 spiro atoms. The SMILES string of the molecule is CSc1ccc(F)c(CCCO)c1F. The van der Waals surface area contributed by atoms with Crippen molar-refractivity contribution in [2.24, 2.45) is 0 Å². The highest BCUT2D eigenvalue weighted by atomic mass is 32.2. The number of benzene rings is 1. The molecule has 0 aliphatic rings. The van der Waals surface area contributed by atoms with Gasteiger partial charge in [-0.05, 0) is 31.2 Å². The monoisotopic (exact) mass is 218 g/mol. The fourth-order valence-electron chi connectivity index (χ4n) is 1.22. The highest BCUT2D eigenvalue weighted by molar-refractivity contribution is 7.98. The predicted molar refractivity (Wildman–Crippen MR) is 53.5 cm³/mol. The van der Waals surface area contributed by atoms with Crippen LogP contribution in [0.15, 0.2) is 17.0 Å². The van der Waals surface area contributed by atoms with Crippen LogP contribution in [0.4, 0.5) is 8.78 Å². The number of halogens is 2. The first-order valence-electron chi connectivity index (χ1n) is 4.32. The van der Waals surface area contributed by atoms with Crippen LogP contribution < -0.4 is 0 Å². The van der Waals surface area contributed by atoms with E-state index >= 15 is 0 Å². The third kappa shape index (κ3) is 2.45. The van der Waals surface area contributed by atoms with Crippen molar-refractivity contribution in [1.82, 2.24) is 0 Å². The lowest BCUT2D eigenvalue weighted by Crippen LogP contribution is -1.99. The minimum atomic E-state index is -0.534. The number of thioether (sulfide) groups is 1. The molecule has 0 aliphatic carbocycles. The van der Waals surface area contributed by atoms with Gasteiger partial charge < -0.3 is 5.11 Å². The first-order chi connectivity index (χ1) is 6.70. The first-order valence-corrected chi connectivity index (χ1v) is 5.55. The molecule has 0 saturated carbocycles. The molecular weight excluding hydrogens is 206 g/mol. The maximum absolute atomic E-state index is 13.5. The van der Waals surface area contributed by atoms with Gasteiger partial charge in [0, 0.05) is 17.1 Å². The Morgan fingerprint density at radius 3 is 2.64 bits per heavy atom. The van der Waals surface area contributed by atoms with E-state index in [9.17, 15) is 8.78 Å². The van der Waals surface area contributed by atoms with Gasteiger partial charge >= 0.3 is 0 Å². The molecule has 14 heavy (non-hydrogen) atoms. The van der Waals surface area contributed by atoms with Crippen molar-refractivity contribution in [2.45, 2.75) is 17.7 Å². The van der Waals surface area contributed by atoms with Crippen LogP contribution in [-0.2, 0) is 6.42 Å². The Bertz CT molecular complexity index is 315. The van der Waals surface area contributed by atoms with Crippen molar-refractivity contribution < 1.29 is 13.9 Å². The van der Waals surface area contributed by atoms with Crippen molar-refractivity contribution in [2.75, 3.05) is 12.9 Å². The molecule has 1 aromatic carbocycles. The standard InChI is InChI=1S/C10H12F2OS/c1-14-9-5-4-8(11)7(10(9)12)3-2-6-13/h4-5,13H,2-3,6H2,1H3. The molecule has 0 radical (unpaired) electrons. The van der Waals surface area contributed by atoms with E-state index in [1.807, 2.05) is 0 Å². The van der Waals surface area contributed by atoms with E-state index in [-0.39, 0.29) is 18.6 Å². The Hall–Kier alpha value is -0.610. The highest BCUT2D eigenvalue weighted by Gasteiger charge is 2.12. The lowest BCUT2D eigenvalue weighted by atomic mass is 10.1. The van der Waals surface area contributed by atoms with Crippen LogP contribution in [0.3, 0.4) is 0 Å². The summed E-state index contributed by atoms with van der Waals surface area (Å²) in [5, 5.41) is 8.59. The fraction of sp³-hybridized carbons (Fsp3) is 0.400. The summed E-state index contributed by atoms with van der Waals surface area (Å²) in [5.74, 6) is -1.03. The second-order valence-electron chi connectivity index (χ2n) is 2.87. The maximum Gasteiger partial charge on any atom is 0.142 e. The second-order valence-corrected chi connectivity index (χ2v) is 3.72. The van der Waals surface area contributed by atoms with Crippen molar-refractivity contribution in [3.05, 3.63) is 29.3 Å². The minimum Gasteiger partial charge on any atom is -0.396 e. The molecule has 0 bridgehead atoms. The summed E-state index contributed by atoms with van der Waals surface area (Å²) < 4.78 is 26.7. The van der Waals surface area contributed by atoms with Gasteiger partial charge in [0.15, 0.2) is 0 Å². The molecule has 0 atom stereocenters. The minimum absolute atomic E-state index is 0.0532. The molecule has 1 N–H and O–H groups in total. The second kappa shape index (κ2) is 5.32. The van der Waals surface area contributed by atoms with E-state index < -0.39 is 11.6 Å². The van der Waals surface area contributed by atoms with E-state index in [1.54, 1.807) is 6.26 Å². The van der Waals surface area contributed by atoms with E-state index in [2.05, 4.69) is 0 Å². The third-order valence-corrected chi connectivity index (χ3v) is 2.71. The van der Waals surface area contributed by atoms with E-state index in [0.717, 1.165) is 0 Å². The van der Waals surface area contributed by atoms with Gasteiger partial charge in [0.05, 0.1) is 0 Å². The number of hydrogen-bond acceptors (Lipinski definition) is 2. The molecule has 4 heteroatoms. The molecule has 0 aromatic heterocycles. The lowest BCUT2D eigenvalue weighted by Gasteiger charge is -2.07. The van der Waals surface area contributed by atoms with Crippen LogP contribution in [0.25, 0.3) is 0 Å². The first kappa shape index (κ1) is 11.5. The number of hydrogen-bond donors (Lipinski definition) is 1. The smallest absolute Gasteiger partial charge is 0.142 e. The number of rotatable bonds is 4. The fourth-order valence-corrected chi connectivity index (χ4v) is 1.73. The van der Waals surface area contributed by atoms with Crippen molar-refractivity contribution in [1.29, 1.82) is 0 Å². The summed E-state index contributed by atoms with van der Waals surface area (Å²) in [6.45, 7) is -0.0532. The van der Waals surface area contributed by atoms with Gasteiger partial charge in [-0.15, -0.1) is 11.8 Å². The van der Waals surface area contributed by atoms with Gasteiger partial charge in [0.2, 0.25) is 0 Å². The van der Waals surface area contributed by atoms with E-state index in [1.165, 1.54) is 23.9 Å². The summed E-state index contributed by atoms with van der Waals surface area (Å²) in [6.07, 6.45) is 2.36. The molecule has 1 rings (SSSR count). The zero-order chi connectivity index (χ0) is 10.6. The zero-order valence-electron chi connectivity index (χ0n) is 7.89. The average molecular weight is 218 g/mol. The van der Waals surface area contributed by atoms with Crippen molar-refractivity contribution in [3.63, 3.8) is 0 Å². The third-order valence-electron chi connectivity index (χ3n) is 1.96. The summed E-state index contributed by atoms with van der Waals surface area (Å²) in [6, 6.07) is 2.69. The Morgan fingerprint density at radius 1 is 1.36 bits per heavy atom. The summed E-state index contributed by atoms with van der Waals surface area (Å²) in [5.41, 5.74) is 0.0749. The van der Waals surface area contributed by atoms with Crippen molar-refractivity contribution in [3.8, 4) is 0 Å². The van der Waals surface area contributed by atoms with Crippen LogP contribution in [-0.4, -0.2) is 18.0 Å². The van der Waals surface area contributed by atoms with Crippen LogP contribution in [0, 0.1) is 11.6 Å². The highest BCUT2D eigenvalue weighted by Crippen LogP contribution is 2.24. The predicted octanol–water partition coefficient (Wildman–Crippen LogP) is 2.61. The molecule has 1 aromatic rings. The van der Waals surface area contributed by atoms with Crippen LogP contribution >= 0.6 is 11.8 Å². The van der Waals surface area contributed by atoms with Gasteiger partial charge in [0.1, 0.15) is 11.6 Å². The van der Waals surface area contributed by atoms with E-state index in [0.29, 0.717) is 11.3 Å². The Morgan fingerprint density at radius 2 is 2.07 bits per heavy atom. The Labute approximate surface area is 86.1 Å². The molecule has 0 amide bonds. The molecule has 0 heterocycles. The van der Waals surface area contributed by atoms with Gasteiger partial charge in [-0.25, -0.2) is 8.78 Å². The molecule has 78 valence electrons. The largest absolute Gasteiger partial charge is 0.396 e. The Balaban J connectivity index is 2.99. The van der Waals surface area contributed by atoms with E-state index in [4.69, 9.17) is 5.11 Å². The van der Waals surface area contributed by atoms with Gasteiger partial charge in [-0.2, -0.15) is 0 Å². The molecular formula is C10H12F2OS. The normalized spacial score (nSPS) is 10.6. The molecule has 0 saturated heterocycles. The summed E-state index contributed by atoms with van der Waals surface area (Å²) in [7, 11) is 0. The zero-order valence-corrected chi connectivity index (χ0v) is 8.70. The topological polar surface area (TPSA) is 20.2 Å². The quantitative estimate of drug-likeness (QED) is 0.784. The summed E-state index contributed by atoms with van der Waals surface area (Å²) >= 11 is 1.25. The lowest BCUT2D eigenvalue weighted by molar-refractivity contribution is 0.287. The molecule has 1 nitrogen and oxygen atoms in total. The molecule has 0 fully saturated rings. The van der Waals surface area contributed by atoms with Crippen LogP contribution in [0.5, 0.6) is 0 Å². The molecule has 0 unspecified atom stereocenters. The van der Waals surface area contributed by atoms with Crippen LogP contribution in [0.1, 0.15) is 12.0 Å². The summed E-state index contributed by atoms with van der Waals surface area (Å²) in [4.78, 5) is 0.444.